The first-order chi connectivity index (χ1) is 13.2. The van der Waals surface area contributed by atoms with Crippen molar-refractivity contribution in [3.05, 3.63) is 60.3 Å². The lowest BCUT2D eigenvalue weighted by Crippen LogP contribution is -2.06. The highest BCUT2D eigenvalue weighted by molar-refractivity contribution is 5.85. The Labute approximate surface area is 154 Å². The molecule has 5 aromatic rings. The Kier molecular flexibility index (Phi) is 3.36. The summed E-state index contributed by atoms with van der Waals surface area (Å²) in [5.74, 6) is 2.15. The summed E-state index contributed by atoms with van der Waals surface area (Å²) in [5, 5.41) is 9.08. The summed E-state index contributed by atoms with van der Waals surface area (Å²) in [7, 11) is 0. The molecule has 0 aliphatic rings. The minimum Gasteiger partial charge on any atom is -0.340 e. The van der Waals surface area contributed by atoms with Gasteiger partial charge in [-0.25, -0.2) is 19.9 Å². The molecule has 8 nitrogen and oxygen atoms in total. The van der Waals surface area contributed by atoms with Gasteiger partial charge in [-0.15, -0.1) is 0 Å². The number of hydrogen-bond donors (Lipinski definition) is 2. The predicted octanol–water partition coefficient (Wildman–Crippen LogP) is 3.45. The van der Waals surface area contributed by atoms with Gasteiger partial charge in [0.2, 0.25) is 0 Å². The van der Waals surface area contributed by atoms with E-state index in [1.54, 1.807) is 11.0 Å². The summed E-state index contributed by atoms with van der Waals surface area (Å²) >= 11 is 0. The Balaban J connectivity index is 1.64. The van der Waals surface area contributed by atoms with Crippen LogP contribution in [0.2, 0.25) is 0 Å². The fourth-order valence-electron chi connectivity index (χ4n) is 3.18. The third-order valence-electron chi connectivity index (χ3n) is 4.43. The number of fused-ring (bicyclic) bond motifs is 2. The third-order valence-corrected chi connectivity index (χ3v) is 4.43. The van der Waals surface area contributed by atoms with Crippen LogP contribution in [0.1, 0.15) is 11.3 Å². The van der Waals surface area contributed by atoms with Crippen LogP contribution < -0.4 is 5.32 Å². The number of aryl methyl sites for hydroxylation is 2. The molecule has 2 N–H and O–H groups in total. The number of anilines is 2. The Morgan fingerprint density at radius 1 is 1.04 bits per heavy atom. The second kappa shape index (κ2) is 5.87. The van der Waals surface area contributed by atoms with Crippen molar-refractivity contribution in [1.82, 2.24) is 34.7 Å². The fourth-order valence-corrected chi connectivity index (χ4v) is 3.18. The van der Waals surface area contributed by atoms with Crippen LogP contribution in [0.15, 0.2) is 49.1 Å². The van der Waals surface area contributed by atoms with Crippen molar-refractivity contribution in [3.8, 4) is 5.82 Å². The lowest BCUT2D eigenvalue weighted by Gasteiger charge is -2.11. The topological polar surface area (TPSA) is 97.2 Å². The smallest absolute Gasteiger partial charge is 0.182 e. The molecule has 0 bridgehead atoms. The van der Waals surface area contributed by atoms with Gasteiger partial charge in [0.1, 0.15) is 17.7 Å². The average Bonchev–Trinajstić information content (AvgIpc) is 3.29. The van der Waals surface area contributed by atoms with E-state index in [0.29, 0.717) is 11.5 Å². The number of nitrogens with one attached hydrogen (secondary N) is 2. The molecule has 0 spiro atoms. The molecule has 0 saturated heterocycles. The molecule has 1 aromatic carbocycles. The molecule has 4 heterocycles. The molecule has 0 aliphatic carbocycles. The van der Waals surface area contributed by atoms with Crippen LogP contribution in [0, 0.1) is 13.8 Å². The summed E-state index contributed by atoms with van der Waals surface area (Å²) in [5.41, 5.74) is 4.30. The van der Waals surface area contributed by atoms with Crippen molar-refractivity contribution in [2.45, 2.75) is 13.8 Å². The summed E-state index contributed by atoms with van der Waals surface area (Å²) in [4.78, 5) is 20.5. The van der Waals surface area contributed by atoms with Crippen molar-refractivity contribution in [3.63, 3.8) is 0 Å². The Hall–Kier alpha value is -3.81. The number of pyridine rings is 1. The number of benzene rings is 1. The highest BCUT2D eigenvalue weighted by atomic mass is 15.4. The quantitative estimate of drug-likeness (QED) is 0.514. The minimum atomic E-state index is 0.606. The third kappa shape index (κ3) is 2.58. The molecule has 0 fully saturated rings. The summed E-state index contributed by atoms with van der Waals surface area (Å²) in [6.45, 7) is 4.02. The average molecular weight is 356 g/mol. The van der Waals surface area contributed by atoms with Gasteiger partial charge >= 0.3 is 0 Å². The van der Waals surface area contributed by atoms with E-state index in [1.807, 2.05) is 37.3 Å². The largest absolute Gasteiger partial charge is 0.340 e. The standard InChI is InChI=1S/C19H16N8/c1-11-7-15(24-14-6-4-3-5-13(11)14)27-16(8-12(2)26-27)25-19-17-18(21-9-20-17)22-10-23-19/h3-10H,1-2H3,(H2,20,21,22,23,25). The number of aromatic nitrogens is 7. The maximum atomic E-state index is 4.78. The molecule has 0 atom stereocenters. The predicted molar refractivity (Wildman–Crippen MR) is 103 cm³/mol. The first-order valence-corrected chi connectivity index (χ1v) is 8.53. The summed E-state index contributed by atoms with van der Waals surface area (Å²) < 4.78 is 1.79. The zero-order valence-electron chi connectivity index (χ0n) is 14.8. The molecule has 8 heteroatoms. The molecule has 132 valence electrons. The van der Waals surface area contributed by atoms with E-state index in [2.05, 4.69) is 43.3 Å². The molecule has 5 rings (SSSR count). The van der Waals surface area contributed by atoms with Crippen LogP contribution in [-0.2, 0) is 0 Å². The number of nitrogens with zero attached hydrogens (tertiary/aromatic N) is 6. The Morgan fingerprint density at radius 3 is 2.85 bits per heavy atom. The number of para-hydroxylation sites is 1. The maximum Gasteiger partial charge on any atom is 0.182 e. The SMILES string of the molecule is Cc1cc(Nc2ncnc3nc[nH]c23)n(-c2cc(C)c3ccccc3n2)n1. The van der Waals surface area contributed by atoms with Crippen LogP contribution in [0.3, 0.4) is 0 Å². The van der Waals surface area contributed by atoms with Gasteiger partial charge in [0.25, 0.3) is 0 Å². The number of rotatable bonds is 3. The van der Waals surface area contributed by atoms with Gasteiger partial charge in [-0.2, -0.15) is 9.78 Å². The minimum absolute atomic E-state index is 0.606. The Bertz CT molecular complexity index is 1280. The molecule has 0 radical (unpaired) electrons. The van der Waals surface area contributed by atoms with Gasteiger partial charge in [0.05, 0.1) is 17.5 Å². The van der Waals surface area contributed by atoms with Crippen molar-refractivity contribution in [2.75, 3.05) is 5.32 Å². The van der Waals surface area contributed by atoms with Crippen molar-refractivity contribution >= 4 is 33.7 Å². The van der Waals surface area contributed by atoms with Gasteiger partial charge < -0.3 is 10.3 Å². The fraction of sp³-hybridized carbons (Fsp3) is 0.105. The number of hydrogen-bond acceptors (Lipinski definition) is 6. The van der Waals surface area contributed by atoms with Crippen molar-refractivity contribution in [1.29, 1.82) is 0 Å². The van der Waals surface area contributed by atoms with Crippen molar-refractivity contribution < 1.29 is 0 Å². The Morgan fingerprint density at radius 2 is 1.93 bits per heavy atom. The van der Waals surface area contributed by atoms with Crippen LogP contribution in [0.25, 0.3) is 27.9 Å². The van der Waals surface area contributed by atoms with Gasteiger partial charge in [-0.05, 0) is 31.5 Å². The van der Waals surface area contributed by atoms with Gasteiger partial charge in [0.15, 0.2) is 17.3 Å². The van der Waals surface area contributed by atoms with Crippen molar-refractivity contribution in [2.24, 2.45) is 0 Å². The van der Waals surface area contributed by atoms with Crippen LogP contribution >= 0.6 is 0 Å². The zero-order chi connectivity index (χ0) is 18.4. The van der Waals surface area contributed by atoms with E-state index in [-0.39, 0.29) is 0 Å². The lowest BCUT2D eigenvalue weighted by molar-refractivity contribution is 0.842. The molecule has 0 aliphatic heterocycles. The van der Waals surface area contributed by atoms with Gasteiger partial charge in [0, 0.05) is 11.5 Å². The molecule has 0 saturated carbocycles. The van der Waals surface area contributed by atoms with E-state index in [4.69, 9.17) is 4.98 Å². The van der Waals surface area contributed by atoms with Gasteiger partial charge in [-0.1, -0.05) is 18.2 Å². The van der Waals surface area contributed by atoms with Gasteiger partial charge in [-0.3, -0.25) is 0 Å². The molecule has 27 heavy (non-hydrogen) atoms. The normalized spacial score (nSPS) is 11.3. The van der Waals surface area contributed by atoms with E-state index < -0.39 is 0 Å². The van der Waals surface area contributed by atoms with E-state index in [9.17, 15) is 0 Å². The first kappa shape index (κ1) is 15.4. The lowest BCUT2D eigenvalue weighted by atomic mass is 10.1. The maximum absolute atomic E-state index is 4.78. The molecular weight excluding hydrogens is 340 g/mol. The molecule has 4 aromatic heterocycles. The zero-order valence-corrected chi connectivity index (χ0v) is 14.8. The van der Waals surface area contributed by atoms with Crippen LogP contribution in [0.5, 0.6) is 0 Å². The summed E-state index contributed by atoms with van der Waals surface area (Å²) in [6.07, 6.45) is 3.08. The highest BCUT2D eigenvalue weighted by Crippen LogP contribution is 2.25. The molecule has 0 amide bonds. The van der Waals surface area contributed by atoms with Crippen LogP contribution in [0.4, 0.5) is 11.6 Å². The second-order valence-electron chi connectivity index (χ2n) is 6.35. The summed E-state index contributed by atoms with van der Waals surface area (Å²) in [6, 6.07) is 12.1. The highest BCUT2D eigenvalue weighted by Gasteiger charge is 2.14. The number of aromatic amines is 1. The first-order valence-electron chi connectivity index (χ1n) is 8.53. The molecule has 0 unspecified atom stereocenters. The van der Waals surface area contributed by atoms with E-state index in [0.717, 1.165) is 39.3 Å². The number of H-pyrrole nitrogens is 1. The van der Waals surface area contributed by atoms with Crippen LogP contribution in [-0.4, -0.2) is 34.7 Å². The number of imidazole rings is 1. The monoisotopic (exact) mass is 356 g/mol. The van der Waals surface area contributed by atoms with E-state index >= 15 is 0 Å². The molecular formula is C19H16N8. The van der Waals surface area contributed by atoms with E-state index in [1.165, 1.54) is 6.33 Å². The second-order valence-corrected chi connectivity index (χ2v) is 6.35.